The number of nitrogens with one attached hydrogen (secondary N) is 1. The topological polar surface area (TPSA) is 56.8 Å². The summed E-state index contributed by atoms with van der Waals surface area (Å²) in [6.07, 6.45) is 0. The monoisotopic (exact) mass is 373 g/mol. The maximum atomic E-state index is 12.4. The third-order valence-corrected chi connectivity index (χ3v) is 3.27. The van der Waals surface area contributed by atoms with E-state index in [1.807, 2.05) is 0 Å². The third-order valence-electron chi connectivity index (χ3n) is 3.27. The molecule has 0 fully saturated rings. The van der Waals surface area contributed by atoms with Crippen molar-refractivity contribution in [3.05, 3.63) is 53.6 Å². The summed E-state index contributed by atoms with van der Waals surface area (Å²) in [5.74, 6) is -0.938. The van der Waals surface area contributed by atoms with Gasteiger partial charge in [0, 0.05) is 17.7 Å². The molecule has 2 aromatic rings. The second-order valence-corrected chi connectivity index (χ2v) is 4.91. The summed E-state index contributed by atoms with van der Waals surface area (Å²) in [5.41, 5.74) is 0.368. The van der Waals surface area contributed by atoms with Gasteiger partial charge in [-0.25, -0.2) is 0 Å². The van der Waals surface area contributed by atoms with Crippen molar-refractivity contribution in [2.45, 2.75) is 19.8 Å². The zero-order valence-electron chi connectivity index (χ0n) is 13.5. The predicted octanol–water partition coefficient (Wildman–Crippen LogP) is 3.83. The Morgan fingerprint density at radius 3 is 2.27 bits per heavy atom. The number of hydrogen-bond acceptors (Lipinski definition) is 4. The van der Waals surface area contributed by atoms with Crippen LogP contribution in [0.25, 0.3) is 0 Å². The molecule has 0 aliphatic heterocycles. The van der Waals surface area contributed by atoms with Gasteiger partial charge in [-0.2, -0.15) is 17.6 Å². The molecular weight excluding hydrogens is 358 g/mol. The van der Waals surface area contributed by atoms with Crippen molar-refractivity contribution in [1.82, 2.24) is 5.32 Å². The highest BCUT2D eigenvalue weighted by atomic mass is 19.3. The third kappa shape index (κ3) is 5.27. The largest absolute Gasteiger partial charge is 0.493 e. The molecule has 0 heterocycles. The number of amides is 1. The van der Waals surface area contributed by atoms with E-state index in [4.69, 9.17) is 4.74 Å². The van der Waals surface area contributed by atoms with Gasteiger partial charge >= 0.3 is 13.2 Å². The number of carbonyl (C=O) groups is 1. The summed E-state index contributed by atoms with van der Waals surface area (Å²) in [7, 11) is 1.27. The highest BCUT2D eigenvalue weighted by Gasteiger charge is 2.15. The Kier molecular flexibility index (Phi) is 6.65. The summed E-state index contributed by atoms with van der Waals surface area (Å²) in [5, 5.41) is 2.50. The lowest BCUT2D eigenvalue weighted by molar-refractivity contribution is -0.0516. The molecule has 140 valence electrons. The molecule has 0 bridgehead atoms. The second-order valence-electron chi connectivity index (χ2n) is 4.91. The van der Waals surface area contributed by atoms with Crippen LogP contribution in [0.5, 0.6) is 17.2 Å². The number of para-hydroxylation sites is 1. The van der Waals surface area contributed by atoms with E-state index in [0.29, 0.717) is 5.56 Å². The van der Waals surface area contributed by atoms with Gasteiger partial charge in [0.05, 0.1) is 7.11 Å². The van der Waals surface area contributed by atoms with E-state index in [-0.39, 0.29) is 29.4 Å². The minimum Gasteiger partial charge on any atom is -0.493 e. The highest BCUT2D eigenvalue weighted by molar-refractivity contribution is 5.94. The minimum atomic E-state index is -3.08. The van der Waals surface area contributed by atoms with Crippen LogP contribution in [0, 0.1) is 0 Å². The maximum Gasteiger partial charge on any atom is 0.387 e. The fourth-order valence-corrected chi connectivity index (χ4v) is 2.14. The van der Waals surface area contributed by atoms with E-state index in [1.165, 1.54) is 37.4 Å². The van der Waals surface area contributed by atoms with Crippen LogP contribution in [-0.2, 0) is 6.54 Å². The zero-order chi connectivity index (χ0) is 19.1. The van der Waals surface area contributed by atoms with Crippen molar-refractivity contribution in [3.63, 3.8) is 0 Å². The Morgan fingerprint density at radius 2 is 1.62 bits per heavy atom. The molecule has 5 nitrogen and oxygen atoms in total. The Hall–Kier alpha value is -2.97. The normalized spacial score (nSPS) is 10.7. The molecule has 26 heavy (non-hydrogen) atoms. The van der Waals surface area contributed by atoms with Crippen molar-refractivity contribution < 1.29 is 36.6 Å². The molecule has 2 aromatic carbocycles. The molecule has 1 N–H and O–H groups in total. The lowest BCUT2D eigenvalue weighted by Gasteiger charge is -2.13. The van der Waals surface area contributed by atoms with Gasteiger partial charge in [-0.15, -0.1) is 0 Å². The van der Waals surface area contributed by atoms with Crippen LogP contribution >= 0.6 is 0 Å². The molecule has 0 aliphatic carbocycles. The number of benzene rings is 2. The quantitative estimate of drug-likeness (QED) is 0.715. The molecule has 1 amide bonds. The van der Waals surface area contributed by atoms with Crippen LogP contribution in [0.2, 0.25) is 0 Å². The molecule has 0 radical (unpaired) electrons. The van der Waals surface area contributed by atoms with Crippen molar-refractivity contribution >= 4 is 5.91 Å². The molecule has 0 atom stereocenters. The van der Waals surface area contributed by atoms with Crippen LogP contribution in [0.15, 0.2) is 42.5 Å². The number of rotatable bonds is 8. The number of methoxy groups -OCH3 is 1. The van der Waals surface area contributed by atoms with E-state index in [2.05, 4.69) is 14.8 Å². The van der Waals surface area contributed by atoms with Gasteiger partial charge in [0.15, 0.2) is 11.5 Å². The van der Waals surface area contributed by atoms with Gasteiger partial charge in [0.2, 0.25) is 0 Å². The van der Waals surface area contributed by atoms with Gasteiger partial charge in [-0.05, 0) is 24.3 Å². The van der Waals surface area contributed by atoms with Crippen molar-refractivity contribution in [2.24, 2.45) is 0 Å². The average molecular weight is 373 g/mol. The van der Waals surface area contributed by atoms with E-state index >= 15 is 0 Å². The number of alkyl halides is 4. The van der Waals surface area contributed by atoms with Crippen molar-refractivity contribution in [3.8, 4) is 17.2 Å². The molecule has 0 aromatic heterocycles. The van der Waals surface area contributed by atoms with Gasteiger partial charge in [-0.1, -0.05) is 18.2 Å². The van der Waals surface area contributed by atoms with E-state index in [0.717, 1.165) is 6.07 Å². The van der Waals surface area contributed by atoms with Crippen LogP contribution in [0.4, 0.5) is 17.6 Å². The Labute approximate surface area is 146 Å². The van der Waals surface area contributed by atoms with Gasteiger partial charge in [-0.3, -0.25) is 4.79 Å². The van der Waals surface area contributed by atoms with Crippen LogP contribution in [0.1, 0.15) is 15.9 Å². The summed E-state index contributed by atoms with van der Waals surface area (Å²) in [6, 6.07) is 9.73. The van der Waals surface area contributed by atoms with Crippen molar-refractivity contribution in [2.75, 3.05) is 7.11 Å². The summed E-state index contributed by atoms with van der Waals surface area (Å²) < 4.78 is 63.2. The molecule has 0 unspecified atom stereocenters. The molecule has 2 rings (SSSR count). The first-order chi connectivity index (χ1) is 12.4. The number of ether oxygens (including phenoxy) is 3. The lowest BCUT2D eigenvalue weighted by atomic mass is 10.1. The fraction of sp³-hybridized carbons (Fsp3) is 0.235. The average Bonchev–Trinajstić information content (AvgIpc) is 2.59. The minimum absolute atomic E-state index is 0.0358. The number of halogens is 4. The molecular formula is C17H15F4NO4. The second kappa shape index (κ2) is 8.93. The Morgan fingerprint density at radius 1 is 0.962 bits per heavy atom. The van der Waals surface area contributed by atoms with Gasteiger partial charge in [0.25, 0.3) is 5.91 Å². The smallest absolute Gasteiger partial charge is 0.387 e. The standard InChI is InChI=1S/C17H15F4NO4/c1-24-13-7-6-10(8-14(13)26-17(20)21)15(23)22-9-11-4-2-3-5-12(11)25-16(18)19/h2-8,16-17H,9H2,1H3,(H,22,23). The summed E-state index contributed by atoms with van der Waals surface area (Å²) >= 11 is 0. The summed E-state index contributed by atoms with van der Waals surface area (Å²) in [6.45, 7) is -6.18. The molecule has 9 heteroatoms. The number of hydrogen-bond donors (Lipinski definition) is 1. The first kappa shape index (κ1) is 19.4. The van der Waals surface area contributed by atoms with Crippen LogP contribution in [-0.4, -0.2) is 26.2 Å². The molecule has 0 saturated heterocycles. The highest BCUT2D eigenvalue weighted by Crippen LogP contribution is 2.29. The predicted molar refractivity (Wildman–Crippen MR) is 83.9 cm³/mol. The van der Waals surface area contributed by atoms with Gasteiger partial charge < -0.3 is 19.5 Å². The molecule has 0 saturated carbocycles. The first-order valence-electron chi connectivity index (χ1n) is 7.34. The SMILES string of the molecule is COc1ccc(C(=O)NCc2ccccc2OC(F)F)cc1OC(F)F. The van der Waals surface area contributed by atoms with Crippen molar-refractivity contribution in [1.29, 1.82) is 0 Å². The zero-order valence-corrected chi connectivity index (χ0v) is 13.5. The first-order valence-corrected chi connectivity index (χ1v) is 7.34. The van der Waals surface area contributed by atoms with Crippen LogP contribution < -0.4 is 19.5 Å². The van der Waals surface area contributed by atoms with E-state index < -0.39 is 19.1 Å². The van der Waals surface area contributed by atoms with Gasteiger partial charge in [0.1, 0.15) is 5.75 Å². The number of carbonyl (C=O) groups excluding carboxylic acids is 1. The molecule has 0 spiro atoms. The van der Waals surface area contributed by atoms with E-state index in [1.54, 1.807) is 6.07 Å². The van der Waals surface area contributed by atoms with Crippen LogP contribution in [0.3, 0.4) is 0 Å². The Bertz CT molecular complexity index is 755. The Balaban J connectivity index is 2.11. The van der Waals surface area contributed by atoms with E-state index in [9.17, 15) is 22.4 Å². The summed E-state index contributed by atoms with van der Waals surface area (Å²) in [4.78, 5) is 12.2. The lowest BCUT2D eigenvalue weighted by Crippen LogP contribution is -2.23. The fourth-order valence-electron chi connectivity index (χ4n) is 2.14. The molecule has 0 aliphatic rings. The maximum absolute atomic E-state index is 12.4.